The van der Waals surface area contributed by atoms with Crippen LogP contribution in [0.5, 0.6) is 0 Å². The fourth-order valence-corrected chi connectivity index (χ4v) is 3.10. The third kappa shape index (κ3) is 2.27. The first-order valence-electron chi connectivity index (χ1n) is 7.85. The largest absolute Gasteiger partial charge is 0.334 e. The Morgan fingerprint density at radius 1 is 1.21 bits per heavy atom. The van der Waals surface area contributed by atoms with Gasteiger partial charge in [-0.2, -0.15) is 0 Å². The van der Waals surface area contributed by atoms with Crippen LogP contribution in [-0.4, -0.2) is 31.7 Å². The summed E-state index contributed by atoms with van der Waals surface area (Å²) in [5.41, 5.74) is 3.20. The zero-order chi connectivity index (χ0) is 16.7. The summed E-state index contributed by atoms with van der Waals surface area (Å²) in [4.78, 5) is 35.9. The molecule has 0 saturated carbocycles. The van der Waals surface area contributed by atoms with Crippen molar-refractivity contribution < 1.29 is 4.79 Å². The van der Waals surface area contributed by atoms with E-state index in [1.54, 1.807) is 35.5 Å². The summed E-state index contributed by atoms with van der Waals surface area (Å²) < 4.78 is 1.53. The van der Waals surface area contributed by atoms with E-state index in [0.717, 1.165) is 5.69 Å². The summed E-state index contributed by atoms with van der Waals surface area (Å²) >= 11 is 0. The molecule has 0 unspecified atom stereocenters. The van der Waals surface area contributed by atoms with Crippen molar-refractivity contribution in [3.8, 4) is 0 Å². The lowest BCUT2D eigenvalue weighted by molar-refractivity contribution is 0.0731. The van der Waals surface area contributed by atoms with Gasteiger partial charge in [0, 0.05) is 31.1 Å². The number of carbonyl (C=O) groups excluding carboxylic acids is 1. The number of aryl methyl sites for hydroxylation is 1. The van der Waals surface area contributed by atoms with E-state index in [1.165, 1.54) is 4.40 Å². The highest BCUT2D eigenvalue weighted by molar-refractivity contribution is 5.95. The molecule has 0 spiro atoms. The average molecular weight is 320 g/mol. The van der Waals surface area contributed by atoms with Gasteiger partial charge in [-0.25, -0.2) is 4.98 Å². The molecule has 3 aromatic heterocycles. The summed E-state index contributed by atoms with van der Waals surface area (Å²) in [6, 6.07) is 9.00. The molecule has 0 bridgehead atoms. The first-order valence-corrected chi connectivity index (χ1v) is 7.85. The zero-order valence-electron chi connectivity index (χ0n) is 13.3. The molecule has 1 aliphatic rings. The van der Waals surface area contributed by atoms with Gasteiger partial charge in [0.15, 0.2) is 0 Å². The van der Waals surface area contributed by atoms with Gasteiger partial charge in [0.2, 0.25) is 0 Å². The van der Waals surface area contributed by atoms with Gasteiger partial charge in [0.05, 0.1) is 23.4 Å². The van der Waals surface area contributed by atoms with Gasteiger partial charge in [-0.1, -0.05) is 6.07 Å². The molecule has 4 heterocycles. The maximum atomic E-state index is 12.8. The monoisotopic (exact) mass is 320 g/mol. The number of amides is 1. The minimum Gasteiger partial charge on any atom is -0.334 e. The Balaban J connectivity index is 1.74. The molecule has 0 saturated heterocycles. The van der Waals surface area contributed by atoms with E-state index in [1.807, 2.05) is 19.1 Å². The number of hydrogen-bond acceptors (Lipinski definition) is 4. The highest BCUT2D eigenvalue weighted by Crippen LogP contribution is 2.18. The van der Waals surface area contributed by atoms with Crippen molar-refractivity contribution in [1.29, 1.82) is 0 Å². The first kappa shape index (κ1) is 14.6. The fourth-order valence-electron chi connectivity index (χ4n) is 3.10. The maximum absolute atomic E-state index is 12.8. The molecule has 1 amide bonds. The van der Waals surface area contributed by atoms with E-state index in [2.05, 4.69) is 9.97 Å². The van der Waals surface area contributed by atoms with Crippen molar-refractivity contribution in [2.45, 2.75) is 19.9 Å². The average Bonchev–Trinajstić information content (AvgIpc) is 2.62. The number of rotatable bonds is 1. The standard InChI is InChI=1S/C18H16N4O2/c1-12-13(5-4-8-19-12)17(23)21-10-7-15-14(11-21)18(24)22-9-3-2-6-16(22)20-15/h2-6,8-9H,7,10-11H2,1H3. The molecule has 0 fully saturated rings. The van der Waals surface area contributed by atoms with Crippen LogP contribution in [0, 0.1) is 6.92 Å². The van der Waals surface area contributed by atoms with Crippen molar-refractivity contribution in [3.05, 3.63) is 75.6 Å². The van der Waals surface area contributed by atoms with Crippen LogP contribution in [0.25, 0.3) is 5.65 Å². The number of fused-ring (bicyclic) bond motifs is 2. The molecule has 0 atom stereocenters. The number of hydrogen-bond donors (Lipinski definition) is 0. The molecule has 24 heavy (non-hydrogen) atoms. The summed E-state index contributed by atoms with van der Waals surface area (Å²) in [6.07, 6.45) is 3.96. The lowest BCUT2D eigenvalue weighted by Gasteiger charge is -2.28. The molecule has 0 aromatic carbocycles. The first-order chi connectivity index (χ1) is 11.6. The highest BCUT2D eigenvalue weighted by Gasteiger charge is 2.26. The third-order valence-corrected chi connectivity index (χ3v) is 4.41. The Kier molecular flexibility index (Phi) is 3.37. The quantitative estimate of drug-likeness (QED) is 0.683. The second kappa shape index (κ2) is 5.56. The molecule has 3 aromatic rings. The number of pyridine rings is 2. The molecule has 1 aliphatic heterocycles. The fraction of sp³-hybridized carbons (Fsp3) is 0.222. The predicted molar refractivity (Wildman–Crippen MR) is 88.9 cm³/mol. The highest BCUT2D eigenvalue weighted by atomic mass is 16.2. The Hall–Kier alpha value is -3.02. The zero-order valence-corrected chi connectivity index (χ0v) is 13.3. The van der Waals surface area contributed by atoms with Crippen LogP contribution < -0.4 is 5.56 Å². The number of nitrogens with zero attached hydrogens (tertiary/aromatic N) is 4. The van der Waals surface area contributed by atoms with Crippen molar-refractivity contribution in [2.75, 3.05) is 6.54 Å². The van der Waals surface area contributed by atoms with Crippen molar-refractivity contribution in [1.82, 2.24) is 19.3 Å². The lowest BCUT2D eigenvalue weighted by Crippen LogP contribution is -2.40. The number of carbonyl (C=O) groups is 1. The van der Waals surface area contributed by atoms with Crippen molar-refractivity contribution in [3.63, 3.8) is 0 Å². The van der Waals surface area contributed by atoms with Gasteiger partial charge in [-0.05, 0) is 31.2 Å². The normalized spacial score (nSPS) is 13.8. The molecular formula is C18H16N4O2. The van der Waals surface area contributed by atoms with Crippen LogP contribution >= 0.6 is 0 Å². The van der Waals surface area contributed by atoms with Crippen LogP contribution in [0.3, 0.4) is 0 Å². The molecule has 6 nitrogen and oxygen atoms in total. The van der Waals surface area contributed by atoms with Gasteiger partial charge in [-0.3, -0.25) is 19.0 Å². The SMILES string of the molecule is Cc1ncccc1C(=O)N1CCc2nc3ccccn3c(=O)c2C1. The molecule has 0 radical (unpaired) electrons. The van der Waals surface area contributed by atoms with E-state index >= 15 is 0 Å². The second-order valence-electron chi connectivity index (χ2n) is 5.88. The minimum atomic E-state index is -0.101. The Morgan fingerprint density at radius 2 is 2.08 bits per heavy atom. The van der Waals surface area contributed by atoms with Crippen LogP contribution in [0.4, 0.5) is 0 Å². The predicted octanol–water partition coefficient (Wildman–Crippen LogP) is 1.60. The Labute approximate surface area is 138 Å². The van der Waals surface area contributed by atoms with Crippen LogP contribution in [0.1, 0.15) is 27.3 Å². The lowest BCUT2D eigenvalue weighted by atomic mass is 10.0. The minimum absolute atomic E-state index is 0.0937. The van der Waals surface area contributed by atoms with Gasteiger partial charge < -0.3 is 4.90 Å². The topological polar surface area (TPSA) is 67.6 Å². The summed E-state index contributed by atoms with van der Waals surface area (Å²) in [7, 11) is 0. The van der Waals surface area contributed by atoms with E-state index in [0.29, 0.717) is 35.4 Å². The van der Waals surface area contributed by atoms with Gasteiger partial charge in [0.25, 0.3) is 11.5 Å². The summed E-state index contributed by atoms with van der Waals surface area (Å²) in [5, 5.41) is 0. The molecule has 0 N–H and O–H groups in total. The van der Waals surface area contributed by atoms with E-state index in [-0.39, 0.29) is 18.0 Å². The molecular weight excluding hydrogens is 304 g/mol. The summed E-state index contributed by atoms with van der Waals surface area (Å²) in [6.45, 7) is 2.65. The van der Waals surface area contributed by atoms with Crippen LogP contribution in [0.2, 0.25) is 0 Å². The number of aromatic nitrogens is 3. The molecule has 6 heteroatoms. The summed E-state index contributed by atoms with van der Waals surface area (Å²) in [5.74, 6) is -0.0937. The molecule has 120 valence electrons. The third-order valence-electron chi connectivity index (χ3n) is 4.41. The van der Waals surface area contributed by atoms with Crippen LogP contribution in [0.15, 0.2) is 47.5 Å². The Bertz CT molecular complexity index is 1010. The van der Waals surface area contributed by atoms with Crippen molar-refractivity contribution >= 4 is 11.6 Å². The van der Waals surface area contributed by atoms with Crippen molar-refractivity contribution in [2.24, 2.45) is 0 Å². The van der Waals surface area contributed by atoms with E-state index in [4.69, 9.17) is 0 Å². The molecule has 4 rings (SSSR count). The van der Waals surface area contributed by atoms with Gasteiger partial charge in [0.1, 0.15) is 5.65 Å². The van der Waals surface area contributed by atoms with Gasteiger partial charge >= 0.3 is 0 Å². The Morgan fingerprint density at radius 3 is 2.92 bits per heavy atom. The van der Waals surface area contributed by atoms with Crippen LogP contribution in [-0.2, 0) is 13.0 Å². The van der Waals surface area contributed by atoms with E-state index < -0.39 is 0 Å². The maximum Gasteiger partial charge on any atom is 0.263 e. The second-order valence-corrected chi connectivity index (χ2v) is 5.88. The molecule has 0 aliphatic carbocycles. The van der Waals surface area contributed by atoms with E-state index in [9.17, 15) is 9.59 Å². The smallest absolute Gasteiger partial charge is 0.263 e. The van der Waals surface area contributed by atoms with Gasteiger partial charge in [-0.15, -0.1) is 0 Å².